The second-order valence-corrected chi connectivity index (χ2v) is 3.95. The SMILES string of the molecule is O=C(Nc1cccc(CCCO)c1)c1cnc[nH]1. The molecule has 0 fully saturated rings. The molecule has 1 amide bonds. The second kappa shape index (κ2) is 5.97. The average Bonchev–Trinajstić information content (AvgIpc) is 2.91. The first-order chi connectivity index (χ1) is 8.79. The Hall–Kier alpha value is -2.14. The number of nitrogens with zero attached hydrogens (tertiary/aromatic N) is 1. The fraction of sp³-hybridized carbons (Fsp3) is 0.231. The summed E-state index contributed by atoms with van der Waals surface area (Å²) >= 11 is 0. The molecule has 94 valence electrons. The van der Waals surface area contributed by atoms with Gasteiger partial charge in [0, 0.05) is 12.3 Å². The second-order valence-electron chi connectivity index (χ2n) is 3.95. The van der Waals surface area contributed by atoms with Gasteiger partial charge in [0.05, 0.1) is 12.5 Å². The lowest BCUT2D eigenvalue weighted by molar-refractivity contribution is 0.102. The standard InChI is InChI=1S/C13H15N3O2/c17-6-2-4-10-3-1-5-11(7-10)16-13(18)12-8-14-9-15-12/h1,3,5,7-9,17H,2,4,6H2,(H,14,15)(H,16,18). The van der Waals surface area contributed by atoms with Gasteiger partial charge in [-0.25, -0.2) is 4.98 Å². The lowest BCUT2D eigenvalue weighted by atomic mass is 10.1. The van der Waals surface area contributed by atoms with Crippen LogP contribution < -0.4 is 5.32 Å². The van der Waals surface area contributed by atoms with Crippen LogP contribution in [0.5, 0.6) is 0 Å². The maximum Gasteiger partial charge on any atom is 0.273 e. The third kappa shape index (κ3) is 3.18. The molecule has 0 saturated heterocycles. The van der Waals surface area contributed by atoms with Crippen LogP contribution in [0.25, 0.3) is 0 Å². The summed E-state index contributed by atoms with van der Waals surface area (Å²) in [4.78, 5) is 18.3. The first-order valence-corrected chi connectivity index (χ1v) is 5.79. The predicted octanol–water partition coefficient (Wildman–Crippen LogP) is 1.59. The number of benzene rings is 1. The molecular weight excluding hydrogens is 230 g/mol. The molecule has 1 aromatic heterocycles. The van der Waals surface area contributed by atoms with E-state index in [0.29, 0.717) is 5.69 Å². The number of aromatic amines is 1. The fourth-order valence-electron chi connectivity index (χ4n) is 1.67. The zero-order valence-electron chi connectivity index (χ0n) is 9.89. The number of aromatic nitrogens is 2. The van der Waals surface area contributed by atoms with Crippen molar-refractivity contribution in [3.05, 3.63) is 48.0 Å². The molecule has 0 bridgehead atoms. The zero-order chi connectivity index (χ0) is 12.8. The minimum atomic E-state index is -0.216. The van der Waals surface area contributed by atoms with E-state index in [0.717, 1.165) is 24.1 Å². The van der Waals surface area contributed by atoms with E-state index in [-0.39, 0.29) is 12.5 Å². The van der Waals surface area contributed by atoms with Crippen molar-refractivity contribution in [2.45, 2.75) is 12.8 Å². The molecule has 3 N–H and O–H groups in total. The van der Waals surface area contributed by atoms with Crippen molar-refractivity contribution in [2.75, 3.05) is 11.9 Å². The van der Waals surface area contributed by atoms with Crippen LogP contribution in [-0.4, -0.2) is 27.6 Å². The van der Waals surface area contributed by atoms with Gasteiger partial charge in [0.25, 0.3) is 5.91 Å². The number of amides is 1. The number of hydrogen-bond donors (Lipinski definition) is 3. The molecule has 0 aliphatic heterocycles. The van der Waals surface area contributed by atoms with E-state index >= 15 is 0 Å². The molecule has 0 aliphatic carbocycles. The Morgan fingerprint density at radius 2 is 2.33 bits per heavy atom. The van der Waals surface area contributed by atoms with Crippen LogP contribution in [0.4, 0.5) is 5.69 Å². The number of imidazole rings is 1. The molecule has 0 aliphatic rings. The summed E-state index contributed by atoms with van der Waals surface area (Å²) < 4.78 is 0. The highest BCUT2D eigenvalue weighted by Gasteiger charge is 2.07. The summed E-state index contributed by atoms with van der Waals surface area (Å²) in [6.45, 7) is 0.171. The quantitative estimate of drug-likeness (QED) is 0.748. The van der Waals surface area contributed by atoms with Crippen molar-refractivity contribution in [1.29, 1.82) is 0 Å². The van der Waals surface area contributed by atoms with Crippen LogP contribution in [0, 0.1) is 0 Å². The lowest BCUT2D eigenvalue weighted by Gasteiger charge is -2.06. The van der Waals surface area contributed by atoms with Crippen molar-refractivity contribution >= 4 is 11.6 Å². The summed E-state index contributed by atoms with van der Waals surface area (Å²) in [5.74, 6) is -0.216. The van der Waals surface area contributed by atoms with E-state index < -0.39 is 0 Å². The molecule has 0 atom stereocenters. The molecule has 1 aromatic carbocycles. The Labute approximate surface area is 105 Å². The number of carbonyl (C=O) groups is 1. The largest absolute Gasteiger partial charge is 0.396 e. The Morgan fingerprint density at radius 1 is 1.44 bits per heavy atom. The topological polar surface area (TPSA) is 78.0 Å². The van der Waals surface area contributed by atoms with Crippen LogP contribution in [0.2, 0.25) is 0 Å². The van der Waals surface area contributed by atoms with Crippen molar-refractivity contribution in [3.63, 3.8) is 0 Å². The van der Waals surface area contributed by atoms with Crippen molar-refractivity contribution in [3.8, 4) is 0 Å². The first kappa shape index (κ1) is 12.3. The Morgan fingerprint density at radius 3 is 3.06 bits per heavy atom. The first-order valence-electron chi connectivity index (χ1n) is 5.79. The highest BCUT2D eigenvalue weighted by Crippen LogP contribution is 2.13. The Bertz CT molecular complexity index is 509. The van der Waals surface area contributed by atoms with E-state index in [2.05, 4.69) is 15.3 Å². The minimum Gasteiger partial charge on any atom is -0.396 e. The summed E-state index contributed by atoms with van der Waals surface area (Å²) in [7, 11) is 0. The highest BCUT2D eigenvalue weighted by atomic mass is 16.2. The normalized spacial score (nSPS) is 10.3. The predicted molar refractivity (Wildman–Crippen MR) is 68.4 cm³/mol. The maximum absolute atomic E-state index is 11.8. The van der Waals surface area contributed by atoms with Gasteiger partial charge in [-0.2, -0.15) is 0 Å². The highest BCUT2D eigenvalue weighted by molar-refractivity contribution is 6.02. The molecule has 0 unspecified atom stereocenters. The molecule has 2 aromatic rings. The summed E-state index contributed by atoms with van der Waals surface area (Å²) in [6.07, 6.45) is 4.46. The van der Waals surface area contributed by atoms with Gasteiger partial charge in [-0.05, 0) is 30.5 Å². The minimum absolute atomic E-state index is 0.171. The third-order valence-corrected chi connectivity index (χ3v) is 2.55. The molecular formula is C13H15N3O2. The number of hydrogen-bond acceptors (Lipinski definition) is 3. The number of aliphatic hydroxyl groups is 1. The van der Waals surface area contributed by atoms with Gasteiger partial charge >= 0.3 is 0 Å². The van der Waals surface area contributed by atoms with Gasteiger partial charge in [0.2, 0.25) is 0 Å². The molecule has 5 heteroatoms. The van der Waals surface area contributed by atoms with Crippen molar-refractivity contribution in [1.82, 2.24) is 9.97 Å². The molecule has 2 rings (SSSR count). The molecule has 0 saturated carbocycles. The van der Waals surface area contributed by atoms with E-state index in [4.69, 9.17) is 5.11 Å². The van der Waals surface area contributed by atoms with Crippen LogP contribution in [0.3, 0.4) is 0 Å². The van der Waals surface area contributed by atoms with Gasteiger partial charge in [-0.3, -0.25) is 4.79 Å². The number of anilines is 1. The van der Waals surface area contributed by atoms with Crippen molar-refractivity contribution in [2.24, 2.45) is 0 Å². The van der Waals surface area contributed by atoms with E-state index in [1.165, 1.54) is 12.5 Å². The van der Waals surface area contributed by atoms with Crippen LogP contribution in [0.1, 0.15) is 22.5 Å². The fourth-order valence-corrected chi connectivity index (χ4v) is 1.67. The Kier molecular flexibility index (Phi) is 4.09. The molecule has 0 radical (unpaired) electrons. The summed E-state index contributed by atoms with van der Waals surface area (Å²) in [6, 6.07) is 7.59. The van der Waals surface area contributed by atoms with Crippen LogP contribution >= 0.6 is 0 Å². The van der Waals surface area contributed by atoms with E-state index in [1.54, 1.807) is 0 Å². The summed E-state index contributed by atoms with van der Waals surface area (Å²) in [5, 5.41) is 11.6. The molecule has 0 spiro atoms. The number of H-pyrrole nitrogens is 1. The smallest absolute Gasteiger partial charge is 0.273 e. The number of carbonyl (C=O) groups excluding carboxylic acids is 1. The molecule has 1 heterocycles. The van der Waals surface area contributed by atoms with Crippen LogP contribution in [0.15, 0.2) is 36.8 Å². The maximum atomic E-state index is 11.8. The summed E-state index contributed by atoms with van der Waals surface area (Å²) in [5.41, 5.74) is 2.26. The van der Waals surface area contributed by atoms with E-state index in [9.17, 15) is 4.79 Å². The number of nitrogens with one attached hydrogen (secondary N) is 2. The van der Waals surface area contributed by atoms with Gasteiger partial charge in [0.1, 0.15) is 5.69 Å². The number of rotatable bonds is 5. The van der Waals surface area contributed by atoms with Gasteiger partial charge in [-0.15, -0.1) is 0 Å². The number of aliphatic hydroxyl groups excluding tert-OH is 1. The molecule has 18 heavy (non-hydrogen) atoms. The molecule has 5 nitrogen and oxygen atoms in total. The average molecular weight is 245 g/mol. The van der Waals surface area contributed by atoms with Gasteiger partial charge in [0.15, 0.2) is 0 Å². The van der Waals surface area contributed by atoms with Crippen molar-refractivity contribution < 1.29 is 9.90 Å². The number of aryl methyl sites for hydroxylation is 1. The third-order valence-electron chi connectivity index (χ3n) is 2.55. The van der Waals surface area contributed by atoms with Gasteiger partial charge < -0.3 is 15.4 Å². The lowest BCUT2D eigenvalue weighted by Crippen LogP contribution is -2.12. The van der Waals surface area contributed by atoms with Gasteiger partial charge in [-0.1, -0.05) is 12.1 Å². The monoisotopic (exact) mass is 245 g/mol. The van der Waals surface area contributed by atoms with E-state index in [1.807, 2.05) is 24.3 Å². The zero-order valence-corrected chi connectivity index (χ0v) is 9.89. The van der Waals surface area contributed by atoms with Crippen LogP contribution in [-0.2, 0) is 6.42 Å². The Balaban J connectivity index is 2.03.